The van der Waals surface area contributed by atoms with Gasteiger partial charge in [0.2, 0.25) is 0 Å². The van der Waals surface area contributed by atoms with E-state index in [9.17, 15) is 0 Å². The van der Waals surface area contributed by atoms with E-state index in [1.807, 2.05) is 0 Å². The van der Waals surface area contributed by atoms with Gasteiger partial charge < -0.3 is 9.47 Å². The second-order valence-electron chi connectivity index (χ2n) is 14.2. The molecule has 1 aromatic heterocycles. The van der Waals surface area contributed by atoms with Crippen molar-refractivity contribution in [2.24, 2.45) is 0 Å². The second-order valence-corrected chi connectivity index (χ2v) is 14.2. The van der Waals surface area contributed by atoms with E-state index >= 15 is 0 Å². The molecule has 2 heteroatoms. The van der Waals surface area contributed by atoms with Gasteiger partial charge >= 0.3 is 0 Å². The molecule has 0 saturated carbocycles. The molecule has 0 N–H and O–H groups in total. The third kappa shape index (κ3) is 4.81. The third-order valence-electron chi connectivity index (χ3n) is 11.1. The highest BCUT2D eigenvalue weighted by Gasteiger charge is 2.18. The molecule has 0 amide bonds. The molecule has 0 aliphatic rings. The zero-order valence-electron chi connectivity index (χ0n) is 29.5. The molecule has 1 heterocycles. The quantitative estimate of drug-likeness (QED) is 0.164. The summed E-state index contributed by atoms with van der Waals surface area (Å²) in [6.45, 7) is 0. The molecule has 0 fully saturated rings. The van der Waals surface area contributed by atoms with Crippen LogP contribution in [0, 0.1) is 0 Å². The second kappa shape index (κ2) is 12.2. The van der Waals surface area contributed by atoms with Crippen LogP contribution in [0.25, 0.3) is 81.7 Å². The number of hydrogen-bond donors (Lipinski definition) is 0. The van der Waals surface area contributed by atoms with Crippen LogP contribution >= 0.6 is 0 Å². The van der Waals surface area contributed by atoms with Crippen LogP contribution in [0.5, 0.6) is 0 Å². The maximum Gasteiger partial charge on any atom is 0.0542 e. The van der Waals surface area contributed by atoms with E-state index < -0.39 is 0 Å². The van der Waals surface area contributed by atoms with Crippen molar-refractivity contribution in [1.82, 2.24) is 4.57 Å². The molecular weight excluding hydrogens is 653 g/mol. The number of aromatic nitrogens is 1. The van der Waals surface area contributed by atoms with E-state index in [0.29, 0.717) is 0 Å². The predicted octanol–water partition coefficient (Wildman–Crippen LogP) is 14.5. The van der Waals surface area contributed by atoms with Crippen molar-refractivity contribution in [1.29, 1.82) is 0 Å². The fourth-order valence-electron chi connectivity index (χ4n) is 8.63. The van der Waals surface area contributed by atoms with E-state index in [1.165, 1.54) is 76.0 Å². The van der Waals surface area contributed by atoms with Crippen LogP contribution < -0.4 is 4.90 Å². The SMILES string of the molecule is c1ccc(N(c2ccc3cc(-c4cccc5c4ccc4c6ccccc6ccc54)ccc3c2)c2ccc3c(c2)c2ccccc2n3-c2ccccc2)cc1. The minimum Gasteiger partial charge on any atom is -0.310 e. The summed E-state index contributed by atoms with van der Waals surface area (Å²) in [4.78, 5) is 2.38. The number of hydrogen-bond acceptors (Lipinski definition) is 1. The highest BCUT2D eigenvalue weighted by atomic mass is 15.1. The zero-order valence-corrected chi connectivity index (χ0v) is 29.5. The van der Waals surface area contributed by atoms with E-state index in [0.717, 1.165) is 22.7 Å². The number of fused-ring (bicyclic) bond motifs is 9. The van der Waals surface area contributed by atoms with Crippen LogP contribution in [0.2, 0.25) is 0 Å². The predicted molar refractivity (Wildman–Crippen MR) is 231 cm³/mol. The first-order valence-corrected chi connectivity index (χ1v) is 18.6. The van der Waals surface area contributed by atoms with Gasteiger partial charge in [0.05, 0.1) is 11.0 Å². The maximum absolute atomic E-state index is 2.38. The average Bonchev–Trinajstić information content (AvgIpc) is 3.57. The molecule has 11 aromatic rings. The Morgan fingerprint density at radius 3 is 1.78 bits per heavy atom. The Labute approximate surface area is 313 Å². The molecule has 0 aliphatic heterocycles. The number of benzene rings is 10. The van der Waals surface area contributed by atoms with Crippen molar-refractivity contribution in [3.05, 3.63) is 206 Å². The van der Waals surface area contributed by atoms with Crippen molar-refractivity contribution in [3.63, 3.8) is 0 Å². The average molecular weight is 687 g/mol. The lowest BCUT2D eigenvalue weighted by molar-refractivity contribution is 1.18. The molecule has 2 nitrogen and oxygen atoms in total. The van der Waals surface area contributed by atoms with E-state index in [-0.39, 0.29) is 0 Å². The van der Waals surface area contributed by atoms with Gasteiger partial charge in [-0.05, 0) is 121 Å². The number of rotatable bonds is 5. The standard InChI is InChI=1S/C52H34N2/c1-3-13-39(14-4-1)53(42-27-31-52-50(34-42)49-18-9-10-21-51(49)54(52)40-15-5-2-6-16-40)41-26-24-36-32-38(23-22-37(36)33-41)44-19-11-20-45-47(44)30-29-46-43-17-8-7-12-35(43)25-28-48(45)46/h1-34H. The van der Waals surface area contributed by atoms with Gasteiger partial charge in [-0.25, -0.2) is 0 Å². The summed E-state index contributed by atoms with van der Waals surface area (Å²) < 4.78 is 2.37. The lowest BCUT2D eigenvalue weighted by Crippen LogP contribution is -2.09. The van der Waals surface area contributed by atoms with Gasteiger partial charge in [0, 0.05) is 33.5 Å². The van der Waals surface area contributed by atoms with E-state index in [4.69, 9.17) is 0 Å². The summed E-state index contributed by atoms with van der Waals surface area (Å²) >= 11 is 0. The lowest BCUT2D eigenvalue weighted by atomic mass is 9.92. The highest BCUT2D eigenvalue weighted by molar-refractivity contribution is 6.19. The fourth-order valence-corrected chi connectivity index (χ4v) is 8.63. The van der Waals surface area contributed by atoms with Crippen LogP contribution in [0.3, 0.4) is 0 Å². The molecule has 0 spiro atoms. The Hall–Kier alpha value is -7.16. The highest BCUT2D eigenvalue weighted by Crippen LogP contribution is 2.42. The Balaban J connectivity index is 1.03. The van der Waals surface area contributed by atoms with Gasteiger partial charge in [-0.3, -0.25) is 0 Å². The molecule has 0 bridgehead atoms. The lowest BCUT2D eigenvalue weighted by Gasteiger charge is -2.26. The normalized spacial score (nSPS) is 11.7. The molecule has 0 aliphatic carbocycles. The minimum absolute atomic E-state index is 1.12. The van der Waals surface area contributed by atoms with E-state index in [1.54, 1.807) is 0 Å². The monoisotopic (exact) mass is 686 g/mol. The molecule has 0 saturated heterocycles. The third-order valence-corrected chi connectivity index (χ3v) is 11.1. The largest absolute Gasteiger partial charge is 0.310 e. The van der Waals surface area contributed by atoms with Gasteiger partial charge in [0.15, 0.2) is 0 Å². The first-order chi connectivity index (χ1) is 26.8. The summed E-state index contributed by atoms with van der Waals surface area (Å²) in [6.07, 6.45) is 0. The fraction of sp³-hybridized carbons (Fsp3) is 0. The van der Waals surface area contributed by atoms with Gasteiger partial charge in [-0.1, -0.05) is 140 Å². The zero-order chi connectivity index (χ0) is 35.6. The Kier molecular flexibility index (Phi) is 6.90. The molecule has 252 valence electrons. The molecule has 0 unspecified atom stereocenters. The Bertz CT molecular complexity index is 3210. The van der Waals surface area contributed by atoms with Gasteiger partial charge in [-0.15, -0.1) is 0 Å². The molecular formula is C52H34N2. The van der Waals surface area contributed by atoms with Gasteiger partial charge in [0.25, 0.3) is 0 Å². The summed E-state index contributed by atoms with van der Waals surface area (Å²) in [7, 11) is 0. The molecule has 11 rings (SSSR count). The molecule has 10 aromatic carbocycles. The Morgan fingerprint density at radius 1 is 0.296 bits per heavy atom. The summed E-state index contributed by atoms with van der Waals surface area (Å²) in [5, 5.41) is 12.6. The van der Waals surface area contributed by atoms with Gasteiger partial charge in [-0.2, -0.15) is 0 Å². The van der Waals surface area contributed by atoms with Crippen LogP contribution in [0.15, 0.2) is 206 Å². The summed E-state index contributed by atoms with van der Waals surface area (Å²) in [5.41, 5.74) is 9.40. The summed E-state index contributed by atoms with van der Waals surface area (Å²) in [5.74, 6) is 0. The van der Waals surface area contributed by atoms with Crippen LogP contribution in [-0.2, 0) is 0 Å². The van der Waals surface area contributed by atoms with Crippen LogP contribution in [-0.4, -0.2) is 4.57 Å². The van der Waals surface area contributed by atoms with E-state index in [2.05, 4.69) is 216 Å². The Morgan fingerprint density at radius 2 is 0.889 bits per heavy atom. The van der Waals surface area contributed by atoms with Crippen molar-refractivity contribution in [3.8, 4) is 16.8 Å². The maximum atomic E-state index is 2.38. The molecule has 0 atom stereocenters. The van der Waals surface area contributed by atoms with Crippen molar-refractivity contribution >= 4 is 82.0 Å². The number of nitrogens with zero attached hydrogens (tertiary/aromatic N) is 2. The van der Waals surface area contributed by atoms with Gasteiger partial charge in [0.1, 0.15) is 0 Å². The first-order valence-electron chi connectivity index (χ1n) is 18.6. The van der Waals surface area contributed by atoms with Crippen LogP contribution in [0.4, 0.5) is 17.1 Å². The minimum atomic E-state index is 1.12. The van der Waals surface area contributed by atoms with Crippen LogP contribution in [0.1, 0.15) is 0 Å². The number of anilines is 3. The first kappa shape index (κ1) is 30.5. The smallest absolute Gasteiger partial charge is 0.0542 e. The van der Waals surface area contributed by atoms with Crippen molar-refractivity contribution in [2.75, 3.05) is 4.90 Å². The molecule has 0 radical (unpaired) electrons. The summed E-state index contributed by atoms with van der Waals surface area (Å²) in [6, 6.07) is 75.2. The number of para-hydroxylation sites is 3. The molecule has 54 heavy (non-hydrogen) atoms. The van der Waals surface area contributed by atoms with Crippen molar-refractivity contribution in [2.45, 2.75) is 0 Å². The van der Waals surface area contributed by atoms with Crippen molar-refractivity contribution < 1.29 is 0 Å². The topological polar surface area (TPSA) is 8.17 Å².